The maximum absolute atomic E-state index is 14.3. The molecule has 0 aliphatic rings. The highest BCUT2D eigenvalue weighted by Gasteiger charge is 2.33. The standard InChI is InChI=1S/C21H27FN2O4S/c1-5-19(24(29(4,26)27)20-9-7-6-8-18(20)22)21(25)23-16(3)14-28-17-12-10-15(2)11-13-17/h6-13,16,19H,5,14H2,1-4H3,(H,23,25)/t16-,19-/m1/s1. The molecule has 0 unspecified atom stereocenters. The predicted octanol–water partition coefficient (Wildman–Crippen LogP) is 3.26. The van der Waals surface area contributed by atoms with Gasteiger partial charge in [-0.25, -0.2) is 12.8 Å². The number of sulfonamides is 1. The highest BCUT2D eigenvalue weighted by Crippen LogP contribution is 2.25. The molecule has 0 heterocycles. The van der Waals surface area contributed by atoms with E-state index in [1.165, 1.54) is 18.2 Å². The van der Waals surface area contributed by atoms with Crippen LogP contribution in [0.15, 0.2) is 48.5 Å². The Morgan fingerprint density at radius 1 is 1.17 bits per heavy atom. The van der Waals surface area contributed by atoms with Gasteiger partial charge in [0.2, 0.25) is 15.9 Å². The first-order valence-corrected chi connectivity index (χ1v) is 11.2. The van der Waals surface area contributed by atoms with Crippen molar-refractivity contribution in [2.75, 3.05) is 17.2 Å². The van der Waals surface area contributed by atoms with Crippen LogP contribution in [-0.2, 0) is 14.8 Å². The SMILES string of the molecule is CC[C@H](C(=O)N[C@H](C)COc1ccc(C)cc1)N(c1ccccc1F)S(C)(=O)=O. The quantitative estimate of drug-likeness (QED) is 0.673. The first kappa shape index (κ1) is 22.7. The number of benzene rings is 2. The molecule has 0 radical (unpaired) electrons. The molecule has 0 bridgehead atoms. The van der Waals surface area contributed by atoms with Gasteiger partial charge in [-0.3, -0.25) is 9.10 Å². The molecule has 8 heteroatoms. The minimum Gasteiger partial charge on any atom is -0.491 e. The number of aryl methyl sites for hydroxylation is 1. The zero-order valence-corrected chi connectivity index (χ0v) is 17.9. The Kier molecular flexibility index (Phi) is 7.61. The number of carbonyl (C=O) groups excluding carboxylic acids is 1. The summed E-state index contributed by atoms with van der Waals surface area (Å²) in [5.74, 6) is -0.547. The molecule has 1 N–H and O–H groups in total. The molecule has 6 nitrogen and oxygen atoms in total. The average Bonchev–Trinajstić information content (AvgIpc) is 2.65. The van der Waals surface area contributed by atoms with Crippen LogP contribution in [0.4, 0.5) is 10.1 Å². The highest BCUT2D eigenvalue weighted by molar-refractivity contribution is 7.92. The molecule has 0 aromatic heterocycles. The lowest BCUT2D eigenvalue weighted by molar-refractivity contribution is -0.123. The van der Waals surface area contributed by atoms with Crippen molar-refractivity contribution in [1.29, 1.82) is 0 Å². The van der Waals surface area contributed by atoms with E-state index in [0.717, 1.165) is 22.2 Å². The van der Waals surface area contributed by atoms with Crippen LogP contribution in [0.25, 0.3) is 0 Å². The van der Waals surface area contributed by atoms with Crippen LogP contribution in [-0.4, -0.2) is 39.3 Å². The van der Waals surface area contributed by atoms with Gasteiger partial charge in [-0.1, -0.05) is 36.8 Å². The van der Waals surface area contributed by atoms with Crippen LogP contribution in [0.1, 0.15) is 25.8 Å². The van der Waals surface area contributed by atoms with E-state index in [-0.39, 0.29) is 24.8 Å². The van der Waals surface area contributed by atoms with Gasteiger partial charge in [-0.2, -0.15) is 0 Å². The highest BCUT2D eigenvalue weighted by atomic mass is 32.2. The predicted molar refractivity (Wildman–Crippen MR) is 112 cm³/mol. The van der Waals surface area contributed by atoms with Crippen LogP contribution in [0.5, 0.6) is 5.75 Å². The van der Waals surface area contributed by atoms with Gasteiger partial charge in [0.1, 0.15) is 24.2 Å². The molecule has 0 saturated heterocycles. The minimum atomic E-state index is -3.89. The fourth-order valence-electron chi connectivity index (χ4n) is 2.90. The maximum Gasteiger partial charge on any atom is 0.244 e. The fourth-order valence-corrected chi connectivity index (χ4v) is 4.11. The van der Waals surface area contributed by atoms with Gasteiger partial charge in [0, 0.05) is 0 Å². The van der Waals surface area contributed by atoms with Crippen molar-refractivity contribution in [3.05, 3.63) is 59.9 Å². The molecule has 0 aliphatic carbocycles. The summed E-state index contributed by atoms with van der Waals surface area (Å²) < 4.78 is 45.5. The van der Waals surface area contributed by atoms with E-state index in [0.29, 0.717) is 5.75 Å². The number of carbonyl (C=O) groups is 1. The van der Waals surface area contributed by atoms with Crippen LogP contribution < -0.4 is 14.4 Å². The minimum absolute atomic E-state index is 0.152. The second-order valence-electron chi connectivity index (χ2n) is 6.97. The van der Waals surface area contributed by atoms with Crippen molar-refractivity contribution in [1.82, 2.24) is 5.32 Å². The second kappa shape index (κ2) is 9.73. The van der Waals surface area contributed by atoms with E-state index in [1.807, 2.05) is 31.2 Å². The van der Waals surface area contributed by atoms with E-state index in [1.54, 1.807) is 13.8 Å². The topological polar surface area (TPSA) is 75.7 Å². The number of halogens is 1. The summed E-state index contributed by atoms with van der Waals surface area (Å²) in [6.07, 6.45) is 1.14. The summed E-state index contributed by atoms with van der Waals surface area (Å²) in [5, 5.41) is 2.76. The maximum atomic E-state index is 14.3. The Hall–Kier alpha value is -2.61. The molecule has 0 saturated carbocycles. The monoisotopic (exact) mass is 422 g/mol. The van der Waals surface area contributed by atoms with Crippen LogP contribution in [0, 0.1) is 12.7 Å². The van der Waals surface area contributed by atoms with Gasteiger partial charge in [0.15, 0.2) is 0 Å². The first-order chi connectivity index (χ1) is 13.6. The molecule has 0 aliphatic heterocycles. The van der Waals surface area contributed by atoms with Gasteiger partial charge < -0.3 is 10.1 Å². The largest absolute Gasteiger partial charge is 0.491 e. The zero-order valence-electron chi connectivity index (χ0n) is 17.1. The third-order valence-corrected chi connectivity index (χ3v) is 5.50. The van der Waals surface area contributed by atoms with E-state index < -0.39 is 27.8 Å². The van der Waals surface area contributed by atoms with E-state index in [4.69, 9.17) is 4.74 Å². The number of hydrogen-bond donors (Lipinski definition) is 1. The molecule has 2 rings (SSSR count). The summed E-state index contributed by atoms with van der Waals surface area (Å²) in [6.45, 7) is 5.62. The Morgan fingerprint density at radius 2 is 1.79 bits per heavy atom. The molecule has 1 amide bonds. The third kappa shape index (κ3) is 6.19. The second-order valence-corrected chi connectivity index (χ2v) is 8.83. The van der Waals surface area contributed by atoms with Crippen molar-refractivity contribution >= 4 is 21.6 Å². The molecule has 2 atom stereocenters. The van der Waals surface area contributed by atoms with Crippen LogP contribution >= 0.6 is 0 Å². The zero-order chi connectivity index (χ0) is 21.6. The Labute approximate surface area is 171 Å². The summed E-state index contributed by atoms with van der Waals surface area (Å²) in [7, 11) is -3.89. The van der Waals surface area contributed by atoms with Crippen molar-refractivity contribution in [3.63, 3.8) is 0 Å². The molecule has 29 heavy (non-hydrogen) atoms. The smallest absolute Gasteiger partial charge is 0.244 e. The first-order valence-electron chi connectivity index (χ1n) is 9.37. The van der Waals surface area contributed by atoms with Gasteiger partial charge in [0.05, 0.1) is 18.0 Å². The number of nitrogens with zero attached hydrogens (tertiary/aromatic N) is 1. The Balaban J connectivity index is 2.12. The molecule has 2 aromatic rings. The molecule has 0 fully saturated rings. The van der Waals surface area contributed by atoms with Crippen molar-refractivity contribution < 1.29 is 22.3 Å². The number of nitrogens with one attached hydrogen (secondary N) is 1. The third-order valence-electron chi connectivity index (χ3n) is 4.33. The number of amides is 1. The molecular formula is C21H27FN2O4S. The lowest BCUT2D eigenvalue weighted by atomic mass is 10.1. The number of ether oxygens (including phenoxy) is 1. The van der Waals surface area contributed by atoms with E-state index >= 15 is 0 Å². The van der Waals surface area contributed by atoms with E-state index in [9.17, 15) is 17.6 Å². The average molecular weight is 423 g/mol. The van der Waals surface area contributed by atoms with Gasteiger partial charge in [-0.05, 0) is 44.5 Å². The molecule has 2 aromatic carbocycles. The fraction of sp³-hybridized carbons (Fsp3) is 0.381. The van der Waals surface area contributed by atoms with E-state index in [2.05, 4.69) is 5.32 Å². The van der Waals surface area contributed by atoms with Crippen molar-refractivity contribution in [3.8, 4) is 5.75 Å². The van der Waals surface area contributed by atoms with Crippen molar-refractivity contribution in [2.24, 2.45) is 0 Å². The van der Waals surface area contributed by atoms with Gasteiger partial charge >= 0.3 is 0 Å². The molecular weight excluding hydrogens is 395 g/mol. The summed E-state index contributed by atoms with van der Waals surface area (Å²) >= 11 is 0. The summed E-state index contributed by atoms with van der Waals surface area (Å²) in [4.78, 5) is 12.8. The number of para-hydroxylation sites is 1. The Morgan fingerprint density at radius 3 is 2.34 bits per heavy atom. The van der Waals surface area contributed by atoms with Crippen LogP contribution in [0.3, 0.4) is 0 Å². The van der Waals surface area contributed by atoms with Crippen molar-refractivity contribution in [2.45, 2.75) is 39.3 Å². The van der Waals surface area contributed by atoms with Gasteiger partial charge in [-0.15, -0.1) is 0 Å². The lowest BCUT2D eigenvalue weighted by Gasteiger charge is -2.31. The number of hydrogen-bond acceptors (Lipinski definition) is 4. The number of anilines is 1. The Bertz CT molecular complexity index is 932. The summed E-state index contributed by atoms with van der Waals surface area (Å²) in [6, 6.07) is 11.6. The van der Waals surface area contributed by atoms with Crippen LogP contribution in [0.2, 0.25) is 0 Å². The van der Waals surface area contributed by atoms with Gasteiger partial charge in [0.25, 0.3) is 0 Å². The number of rotatable bonds is 9. The summed E-state index contributed by atoms with van der Waals surface area (Å²) in [5.41, 5.74) is 0.957. The normalized spacial score (nSPS) is 13.4. The lowest BCUT2D eigenvalue weighted by Crippen LogP contribution is -2.52. The molecule has 0 spiro atoms. The molecule has 158 valence electrons.